The largest absolute Gasteiger partial charge is 0.352 e. The summed E-state index contributed by atoms with van der Waals surface area (Å²) >= 11 is 0. The van der Waals surface area contributed by atoms with E-state index in [1.54, 1.807) is 13.0 Å². The van der Waals surface area contributed by atoms with Gasteiger partial charge in [0.05, 0.1) is 4.90 Å². The maximum absolute atomic E-state index is 12.0. The highest BCUT2D eigenvalue weighted by Crippen LogP contribution is 2.19. The molecule has 0 spiro atoms. The average molecular weight is 318 g/mol. The zero-order chi connectivity index (χ0) is 15.6. The number of hydrogen-bond acceptors (Lipinski definition) is 3. The molecule has 0 aliphatic carbocycles. The highest BCUT2D eigenvalue weighted by molar-refractivity contribution is 8.13. The van der Waals surface area contributed by atoms with E-state index >= 15 is 0 Å². The second kappa shape index (κ2) is 6.14. The van der Waals surface area contributed by atoms with E-state index in [4.69, 9.17) is 10.7 Å². The Balaban J connectivity index is 2.86. The molecular weight excluding hydrogens is 298 g/mol. The molecule has 1 amide bonds. The molecule has 0 radical (unpaired) electrons. The van der Waals surface area contributed by atoms with Crippen molar-refractivity contribution in [2.75, 3.05) is 6.54 Å². The summed E-state index contributed by atoms with van der Waals surface area (Å²) in [6, 6.07) is 4.37. The standard InChI is InChI=1S/C14H20ClNO3S/c1-10-7-11(9-12(8-10)20(15,18)19)13(17)16-6-5-14(2,3)4/h7-9H,5-6H2,1-4H3,(H,16,17). The van der Waals surface area contributed by atoms with E-state index in [1.807, 2.05) is 0 Å². The van der Waals surface area contributed by atoms with Gasteiger partial charge in [0.2, 0.25) is 0 Å². The van der Waals surface area contributed by atoms with Crippen molar-refractivity contribution >= 4 is 25.6 Å². The first-order valence-corrected chi connectivity index (χ1v) is 8.64. The Labute approximate surface area is 124 Å². The summed E-state index contributed by atoms with van der Waals surface area (Å²) in [5.74, 6) is -0.292. The summed E-state index contributed by atoms with van der Waals surface area (Å²) in [6.07, 6.45) is 0.839. The van der Waals surface area contributed by atoms with Crippen LogP contribution in [0.5, 0.6) is 0 Å². The first-order chi connectivity index (χ1) is 8.99. The van der Waals surface area contributed by atoms with Gasteiger partial charge in [-0.1, -0.05) is 20.8 Å². The average Bonchev–Trinajstić information content (AvgIpc) is 2.25. The minimum absolute atomic E-state index is 0.0554. The second-order valence-corrected chi connectivity index (χ2v) is 8.61. The molecule has 0 aromatic heterocycles. The quantitative estimate of drug-likeness (QED) is 0.868. The SMILES string of the molecule is Cc1cc(C(=O)NCCC(C)(C)C)cc(S(=O)(=O)Cl)c1. The molecule has 0 fully saturated rings. The fourth-order valence-electron chi connectivity index (χ4n) is 1.67. The molecule has 112 valence electrons. The van der Waals surface area contributed by atoms with E-state index in [0.29, 0.717) is 17.7 Å². The third-order valence-electron chi connectivity index (χ3n) is 2.76. The van der Waals surface area contributed by atoms with Crippen LogP contribution in [0.1, 0.15) is 43.1 Å². The minimum atomic E-state index is -3.83. The number of hydrogen-bond donors (Lipinski definition) is 1. The Morgan fingerprint density at radius 1 is 1.25 bits per heavy atom. The lowest BCUT2D eigenvalue weighted by atomic mass is 9.92. The van der Waals surface area contributed by atoms with Gasteiger partial charge in [0.15, 0.2) is 0 Å². The summed E-state index contributed by atoms with van der Waals surface area (Å²) in [7, 11) is 1.48. The lowest BCUT2D eigenvalue weighted by molar-refractivity contribution is 0.0949. The number of nitrogens with one attached hydrogen (secondary N) is 1. The van der Waals surface area contributed by atoms with E-state index in [9.17, 15) is 13.2 Å². The van der Waals surface area contributed by atoms with E-state index in [2.05, 4.69) is 26.1 Å². The summed E-state index contributed by atoms with van der Waals surface area (Å²) < 4.78 is 22.7. The Bertz CT molecular complexity index is 603. The number of aryl methyl sites for hydroxylation is 1. The zero-order valence-electron chi connectivity index (χ0n) is 12.2. The molecule has 0 unspecified atom stereocenters. The maximum Gasteiger partial charge on any atom is 0.261 e. The third-order valence-corrected chi connectivity index (χ3v) is 4.09. The van der Waals surface area contributed by atoms with Crippen LogP contribution in [0.3, 0.4) is 0 Å². The molecule has 0 aliphatic rings. The van der Waals surface area contributed by atoms with Crippen LogP contribution in [0.2, 0.25) is 0 Å². The molecule has 1 N–H and O–H groups in total. The smallest absolute Gasteiger partial charge is 0.261 e. The molecule has 0 saturated heterocycles. The van der Waals surface area contributed by atoms with Crippen molar-refractivity contribution in [3.8, 4) is 0 Å². The van der Waals surface area contributed by atoms with Gasteiger partial charge in [0.25, 0.3) is 15.0 Å². The predicted octanol–water partition coefficient (Wildman–Crippen LogP) is 3.09. The zero-order valence-corrected chi connectivity index (χ0v) is 13.7. The summed E-state index contributed by atoms with van der Waals surface area (Å²) in [5, 5.41) is 2.78. The number of rotatable bonds is 4. The third kappa shape index (κ3) is 5.51. The van der Waals surface area contributed by atoms with Crippen LogP contribution in [0.4, 0.5) is 0 Å². The first-order valence-electron chi connectivity index (χ1n) is 6.34. The van der Waals surface area contributed by atoms with Crippen molar-refractivity contribution in [1.82, 2.24) is 5.32 Å². The summed E-state index contributed by atoms with van der Waals surface area (Å²) in [6.45, 7) is 8.52. The molecule has 0 atom stereocenters. The van der Waals surface area contributed by atoms with Gasteiger partial charge >= 0.3 is 0 Å². The van der Waals surface area contributed by atoms with Crippen LogP contribution < -0.4 is 5.32 Å². The highest BCUT2D eigenvalue weighted by atomic mass is 35.7. The molecule has 0 heterocycles. The van der Waals surface area contributed by atoms with Crippen molar-refractivity contribution in [1.29, 1.82) is 0 Å². The molecule has 1 aromatic carbocycles. The molecular formula is C14H20ClNO3S. The fraction of sp³-hybridized carbons (Fsp3) is 0.500. The maximum atomic E-state index is 12.0. The molecule has 1 rings (SSSR count). The van der Waals surface area contributed by atoms with Crippen LogP contribution in [0.15, 0.2) is 23.1 Å². The normalized spacial score (nSPS) is 12.2. The first kappa shape index (κ1) is 17.0. The minimum Gasteiger partial charge on any atom is -0.352 e. The van der Waals surface area contributed by atoms with Gasteiger partial charge in [-0.2, -0.15) is 0 Å². The van der Waals surface area contributed by atoms with E-state index in [1.165, 1.54) is 12.1 Å². The van der Waals surface area contributed by atoms with Gasteiger partial charge < -0.3 is 5.32 Å². The predicted molar refractivity (Wildman–Crippen MR) is 80.6 cm³/mol. The second-order valence-electron chi connectivity index (χ2n) is 6.04. The van der Waals surface area contributed by atoms with Crippen LogP contribution in [-0.4, -0.2) is 20.9 Å². The molecule has 0 bridgehead atoms. The van der Waals surface area contributed by atoms with Crippen molar-refractivity contribution in [2.24, 2.45) is 5.41 Å². The van der Waals surface area contributed by atoms with E-state index < -0.39 is 9.05 Å². The van der Waals surface area contributed by atoms with Gasteiger partial charge in [-0.05, 0) is 42.5 Å². The molecule has 1 aromatic rings. The van der Waals surface area contributed by atoms with Gasteiger partial charge in [-0.25, -0.2) is 8.42 Å². The van der Waals surface area contributed by atoms with Crippen LogP contribution in [0, 0.1) is 12.3 Å². The fourth-order valence-corrected chi connectivity index (χ4v) is 2.53. The Hall–Kier alpha value is -1.07. The van der Waals surface area contributed by atoms with E-state index in [-0.39, 0.29) is 16.2 Å². The lowest BCUT2D eigenvalue weighted by Gasteiger charge is -2.18. The molecule has 0 aliphatic heterocycles. The Morgan fingerprint density at radius 3 is 2.35 bits per heavy atom. The van der Waals surface area contributed by atoms with Gasteiger partial charge in [-0.15, -0.1) is 0 Å². The van der Waals surface area contributed by atoms with Crippen LogP contribution in [-0.2, 0) is 9.05 Å². The van der Waals surface area contributed by atoms with Crippen LogP contribution >= 0.6 is 10.7 Å². The topological polar surface area (TPSA) is 63.2 Å². The number of halogens is 1. The van der Waals surface area contributed by atoms with Gasteiger partial charge in [0, 0.05) is 22.8 Å². The van der Waals surface area contributed by atoms with Gasteiger partial charge in [0.1, 0.15) is 0 Å². The number of amides is 1. The van der Waals surface area contributed by atoms with Crippen molar-refractivity contribution in [2.45, 2.75) is 39.0 Å². The Morgan fingerprint density at radius 2 is 1.85 bits per heavy atom. The monoisotopic (exact) mass is 317 g/mol. The van der Waals surface area contributed by atoms with E-state index in [0.717, 1.165) is 6.42 Å². The molecule has 0 saturated carbocycles. The summed E-state index contributed by atoms with van der Waals surface area (Å²) in [4.78, 5) is 12.0. The number of benzene rings is 1. The molecule has 6 heteroatoms. The van der Waals surface area contributed by atoms with Crippen molar-refractivity contribution in [3.63, 3.8) is 0 Å². The highest BCUT2D eigenvalue weighted by Gasteiger charge is 2.15. The van der Waals surface area contributed by atoms with Crippen LogP contribution in [0.25, 0.3) is 0 Å². The lowest BCUT2D eigenvalue weighted by Crippen LogP contribution is -2.27. The Kier molecular flexibility index (Phi) is 5.21. The molecule has 20 heavy (non-hydrogen) atoms. The number of carbonyl (C=O) groups is 1. The summed E-state index contributed by atoms with van der Waals surface area (Å²) in [5.41, 5.74) is 1.11. The van der Waals surface area contributed by atoms with Crippen molar-refractivity contribution < 1.29 is 13.2 Å². The van der Waals surface area contributed by atoms with Gasteiger partial charge in [-0.3, -0.25) is 4.79 Å². The number of carbonyl (C=O) groups excluding carboxylic acids is 1. The van der Waals surface area contributed by atoms with Crippen molar-refractivity contribution in [3.05, 3.63) is 29.3 Å². The molecule has 4 nitrogen and oxygen atoms in total.